The number of alkyl halides is 2. The maximum atomic E-state index is 15.9. The lowest BCUT2D eigenvalue weighted by Crippen LogP contribution is -2.40. The largest absolute Gasteiger partial charge is 0.381 e. The van der Waals surface area contributed by atoms with Gasteiger partial charge in [0.05, 0.1) is 16.9 Å². The first kappa shape index (κ1) is 32.0. The first-order valence-electron chi connectivity index (χ1n) is 16.3. The molecule has 4 aliphatic heterocycles. The Kier molecular flexibility index (Phi) is 9.54. The van der Waals surface area contributed by atoms with Crippen LogP contribution in [0.15, 0.2) is 41.5 Å². The first-order chi connectivity index (χ1) is 21.6. The summed E-state index contributed by atoms with van der Waals surface area (Å²) in [6.45, 7) is 5.62. The van der Waals surface area contributed by atoms with E-state index in [0.29, 0.717) is 92.9 Å². The minimum Gasteiger partial charge on any atom is -0.381 e. The van der Waals surface area contributed by atoms with Crippen molar-refractivity contribution in [2.45, 2.75) is 76.3 Å². The SMILES string of the molecule is C[C@H]1Nc2ncnc3c2cc(C2CCS(=O)(=O)CC2)c(=O)n3CCCOCCCCN2CCC(CC2)C(F)(F)c2cccc1c2. The van der Waals surface area contributed by atoms with E-state index in [9.17, 15) is 13.2 Å². The number of rotatable bonds is 1. The molecule has 0 radical (unpaired) electrons. The van der Waals surface area contributed by atoms with E-state index in [1.165, 1.54) is 12.4 Å². The minimum absolute atomic E-state index is 0.0299. The van der Waals surface area contributed by atoms with Gasteiger partial charge in [0.25, 0.3) is 11.5 Å². The molecular formula is C33H43F2N5O4S. The molecule has 0 spiro atoms. The topological polar surface area (TPSA) is 106 Å². The molecule has 2 fully saturated rings. The Bertz CT molecular complexity index is 1660. The molecule has 2 saturated heterocycles. The molecule has 1 atom stereocenters. The van der Waals surface area contributed by atoms with Gasteiger partial charge in [0.15, 0.2) is 0 Å². The number of piperidine rings is 1. The molecular weight excluding hydrogens is 600 g/mol. The highest BCUT2D eigenvalue weighted by Crippen LogP contribution is 2.42. The molecule has 8 bridgehead atoms. The summed E-state index contributed by atoms with van der Waals surface area (Å²) in [4.78, 5) is 25.2. The summed E-state index contributed by atoms with van der Waals surface area (Å²) in [6, 6.07) is 8.09. The van der Waals surface area contributed by atoms with Crippen molar-refractivity contribution in [3.05, 3.63) is 63.7 Å². The van der Waals surface area contributed by atoms with E-state index >= 15 is 8.78 Å². The van der Waals surface area contributed by atoms with Crippen LogP contribution < -0.4 is 10.9 Å². The number of benzene rings is 1. The molecule has 244 valence electrons. The van der Waals surface area contributed by atoms with E-state index in [1.807, 2.05) is 13.0 Å². The first-order valence-corrected chi connectivity index (χ1v) is 18.1. The van der Waals surface area contributed by atoms with Crippen molar-refractivity contribution in [1.82, 2.24) is 19.4 Å². The average molecular weight is 644 g/mol. The monoisotopic (exact) mass is 643 g/mol. The van der Waals surface area contributed by atoms with Crippen LogP contribution >= 0.6 is 0 Å². The summed E-state index contributed by atoms with van der Waals surface area (Å²) in [6.07, 6.45) is 5.55. The van der Waals surface area contributed by atoms with Crippen molar-refractivity contribution in [2.75, 3.05) is 49.7 Å². The summed E-state index contributed by atoms with van der Waals surface area (Å²) in [5, 5.41) is 4.05. The third kappa shape index (κ3) is 7.07. The lowest BCUT2D eigenvalue weighted by molar-refractivity contribution is -0.0856. The van der Waals surface area contributed by atoms with E-state index < -0.39 is 21.7 Å². The van der Waals surface area contributed by atoms with Gasteiger partial charge < -0.3 is 15.0 Å². The summed E-state index contributed by atoms with van der Waals surface area (Å²) >= 11 is 0. The highest BCUT2D eigenvalue weighted by atomic mass is 32.2. The number of pyridine rings is 1. The third-order valence-electron chi connectivity index (χ3n) is 9.81. The quantitative estimate of drug-likeness (QED) is 0.383. The van der Waals surface area contributed by atoms with Crippen molar-refractivity contribution in [2.24, 2.45) is 5.92 Å². The van der Waals surface area contributed by atoms with Crippen molar-refractivity contribution < 1.29 is 21.9 Å². The van der Waals surface area contributed by atoms with Gasteiger partial charge in [-0.3, -0.25) is 9.36 Å². The number of nitrogens with one attached hydrogen (secondary N) is 1. The fourth-order valence-corrected chi connectivity index (χ4v) is 8.54. The highest BCUT2D eigenvalue weighted by Gasteiger charge is 2.42. The van der Waals surface area contributed by atoms with Crippen LogP contribution in [0.5, 0.6) is 0 Å². The van der Waals surface area contributed by atoms with Crippen molar-refractivity contribution in [3.8, 4) is 0 Å². The van der Waals surface area contributed by atoms with Gasteiger partial charge in [-0.2, -0.15) is 0 Å². The lowest BCUT2D eigenvalue weighted by atomic mass is 9.85. The van der Waals surface area contributed by atoms with Crippen molar-refractivity contribution in [3.63, 3.8) is 0 Å². The number of aryl methyl sites for hydroxylation is 1. The van der Waals surface area contributed by atoms with E-state index in [0.717, 1.165) is 19.4 Å². The molecule has 1 aromatic carbocycles. The minimum atomic E-state index is -3.11. The normalized spacial score (nSPS) is 26.5. The number of aromatic nitrogens is 3. The van der Waals surface area contributed by atoms with Crippen LogP contribution in [0.3, 0.4) is 0 Å². The zero-order chi connectivity index (χ0) is 31.6. The molecule has 1 N–H and O–H groups in total. The zero-order valence-corrected chi connectivity index (χ0v) is 26.7. The number of halogens is 2. The molecule has 2 aromatic heterocycles. The summed E-state index contributed by atoms with van der Waals surface area (Å²) in [7, 11) is -3.11. The van der Waals surface area contributed by atoms with Crippen LogP contribution in [-0.2, 0) is 27.0 Å². The van der Waals surface area contributed by atoms with Gasteiger partial charge in [-0.1, -0.05) is 18.2 Å². The van der Waals surface area contributed by atoms with Crippen LogP contribution in [-0.4, -0.2) is 72.2 Å². The Morgan fingerprint density at radius 1 is 0.956 bits per heavy atom. The Labute approximate surface area is 263 Å². The second-order valence-electron chi connectivity index (χ2n) is 12.8. The van der Waals surface area contributed by atoms with Crippen LogP contribution in [0, 0.1) is 5.92 Å². The van der Waals surface area contributed by atoms with E-state index in [1.54, 1.807) is 22.8 Å². The second-order valence-corrected chi connectivity index (χ2v) is 15.1. The molecule has 0 aliphatic carbocycles. The number of ether oxygens (including phenoxy) is 1. The standard InChI is InChI=1S/C33H43F2N5O4S/c1-23-25-6-4-7-27(20-25)33(34,35)26-8-14-39(15-9-26)12-2-3-16-44-17-5-13-40-31-29(30(38-23)36-22-37-31)21-28(32(40)41)24-10-18-45(42,43)19-11-24/h4,6-7,20-24,26H,2-3,5,8-19H2,1H3,(H,36,37,38)/t23-/m1/s1. The van der Waals surface area contributed by atoms with Gasteiger partial charge in [-0.25, -0.2) is 27.2 Å². The Morgan fingerprint density at radius 3 is 2.49 bits per heavy atom. The molecule has 6 heterocycles. The predicted molar refractivity (Wildman–Crippen MR) is 171 cm³/mol. The third-order valence-corrected chi connectivity index (χ3v) is 11.5. The van der Waals surface area contributed by atoms with Gasteiger partial charge >= 0.3 is 0 Å². The van der Waals surface area contributed by atoms with Gasteiger partial charge in [0.2, 0.25) is 0 Å². The fraction of sp³-hybridized carbons (Fsp3) is 0.606. The van der Waals surface area contributed by atoms with E-state index in [-0.39, 0.29) is 34.6 Å². The number of anilines is 1. The molecule has 45 heavy (non-hydrogen) atoms. The summed E-state index contributed by atoms with van der Waals surface area (Å²) < 4.78 is 63.6. The molecule has 0 amide bonds. The molecule has 3 aromatic rings. The predicted octanol–water partition coefficient (Wildman–Crippen LogP) is 5.26. The van der Waals surface area contributed by atoms with E-state index in [2.05, 4.69) is 20.2 Å². The van der Waals surface area contributed by atoms with Crippen molar-refractivity contribution >= 4 is 26.7 Å². The van der Waals surface area contributed by atoms with Gasteiger partial charge in [-0.05, 0) is 95.1 Å². The van der Waals surface area contributed by atoms with E-state index in [4.69, 9.17) is 4.74 Å². The van der Waals surface area contributed by atoms with Gasteiger partial charge in [0.1, 0.15) is 27.6 Å². The number of hydrogen-bond acceptors (Lipinski definition) is 8. The molecule has 0 saturated carbocycles. The summed E-state index contributed by atoms with van der Waals surface area (Å²) in [5.74, 6) is -3.24. The molecule has 0 unspecified atom stereocenters. The Hall–Kier alpha value is -2.96. The Morgan fingerprint density at radius 2 is 1.71 bits per heavy atom. The van der Waals surface area contributed by atoms with Gasteiger partial charge in [-0.15, -0.1) is 0 Å². The molecule has 4 aliphatic rings. The average Bonchev–Trinajstić information content (AvgIpc) is 3.03. The van der Waals surface area contributed by atoms with Crippen LogP contribution in [0.1, 0.15) is 80.5 Å². The maximum Gasteiger partial charge on any atom is 0.276 e. The zero-order valence-electron chi connectivity index (χ0n) is 25.9. The number of fused-ring (bicyclic) bond motifs is 10. The number of hydrogen-bond donors (Lipinski definition) is 1. The second kappa shape index (κ2) is 13.4. The highest BCUT2D eigenvalue weighted by molar-refractivity contribution is 7.91. The van der Waals surface area contributed by atoms with Crippen LogP contribution in [0.4, 0.5) is 14.6 Å². The van der Waals surface area contributed by atoms with Crippen LogP contribution in [0.2, 0.25) is 0 Å². The fourth-order valence-electron chi connectivity index (χ4n) is 7.04. The Balaban J connectivity index is 1.37. The molecule has 9 nitrogen and oxygen atoms in total. The van der Waals surface area contributed by atoms with Crippen molar-refractivity contribution in [1.29, 1.82) is 0 Å². The van der Waals surface area contributed by atoms with Gasteiger partial charge in [0, 0.05) is 42.8 Å². The molecule has 12 heteroatoms. The number of nitrogens with zero attached hydrogens (tertiary/aromatic N) is 4. The smallest absolute Gasteiger partial charge is 0.276 e. The number of sulfone groups is 1. The van der Waals surface area contributed by atoms with Crippen LogP contribution in [0.25, 0.3) is 11.0 Å². The lowest BCUT2D eigenvalue weighted by Gasteiger charge is -2.36. The summed E-state index contributed by atoms with van der Waals surface area (Å²) in [5.41, 5.74) is 1.61. The maximum absolute atomic E-state index is 15.9. The molecule has 7 rings (SSSR count).